The van der Waals surface area contributed by atoms with E-state index in [9.17, 15) is 9.59 Å². The lowest BCUT2D eigenvalue weighted by Crippen LogP contribution is -2.32. The van der Waals surface area contributed by atoms with Crippen LogP contribution in [0.15, 0.2) is 83.1 Å². The second-order valence-electron chi connectivity index (χ2n) is 7.44. The van der Waals surface area contributed by atoms with Crippen molar-refractivity contribution in [3.05, 3.63) is 105 Å². The summed E-state index contributed by atoms with van der Waals surface area (Å²) in [6.45, 7) is 1.87. The average Bonchev–Trinajstić information content (AvgIpc) is 3.24. The van der Waals surface area contributed by atoms with Gasteiger partial charge in [-0.25, -0.2) is 0 Å². The third-order valence-electron chi connectivity index (χ3n) is 5.40. The fourth-order valence-electron chi connectivity index (χ4n) is 3.88. The Labute approximate surface area is 192 Å². The first-order chi connectivity index (χ1) is 15.5. The molecule has 0 aliphatic heterocycles. The molecule has 7 heteroatoms. The van der Waals surface area contributed by atoms with E-state index in [-0.39, 0.29) is 11.5 Å². The van der Waals surface area contributed by atoms with Crippen LogP contribution in [0.3, 0.4) is 0 Å². The number of halogens is 1. The van der Waals surface area contributed by atoms with Gasteiger partial charge in [-0.3, -0.25) is 19.1 Å². The standard InChI is InChI=1S/C25H18ClN3O2S/c1-15(28-24(30)18-14-32-21-11-6-12-27-23(18)21)20-13-16-7-5-10-19(26)22(16)25(31)29(20)17-8-3-2-4-9-17/h2-15H,1H3,(H,28,30)/t15-/m0/s1. The SMILES string of the molecule is C[C@H](NC(=O)c1csc2cccnc12)c1cc2cccc(Cl)c2c(=O)n1-c1ccccc1. The van der Waals surface area contributed by atoms with Crippen molar-refractivity contribution in [1.82, 2.24) is 14.9 Å². The van der Waals surface area contributed by atoms with Gasteiger partial charge in [-0.2, -0.15) is 0 Å². The molecule has 32 heavy (non-hydrogen) atoms. The zero-order valence-corrected chi connectivity index (χ0v) is 18.7. The van der Waals surface area contributed by atoms with E-state index in [2.05, 4.69) is 10.3 Å². The van der Waals surface area contributed by atoms with Gasteiger partial charge in [0.25, 0.3) is 11.5 Å². The number of rotatable bonds is 4. The summed E-state index contributed by atoms with van der Waals surface area (Å²) in [5.41, 5.74) is 2.34. The van der Waals surface area contributed by atoms with E-state index in [0.717, 1.165) is 10.1 Å². The van der Waals surface area contributed by atoms with Crippen LogP contribution in [0.4, 0.5) is 0 Å². The Bertz CT molecular complexity index is 1530. The Balaban J connectivity index is 1.62. The number of pyridine rings is 2. The maximum absolute atomic E-state index is 13.5. The maximum Gasteiger partial charge on any atom is 0.264 e. The second kappa shape index (κ2) is 8.22. The summed E-state index contributed by atoms with van der Waals surface area (Å²) < 4.78 is 2.57. The fraction of sp³-hybridized carbons (Fsp3) is 0.0800. The first-order valence-electron chi connectivity index (χ1n) is 10.1. The Kier molecular flexibility index (Phi) is 5.25. The van der Waals surface area contributed by atoms with E-state index < -0.39 is 6.04 Å². The van der Waals surface area contributed by atoms with Gasteiger partial charge >= 0.3 is 0 Å². The van der Waals surface area contributed by atoms with Gasteiger partial charge in [-0.05, 0) is 48.7 Å². The highest BCUT2D eigenvalue weighted by Crippen LogP contribution is 2.27. The summed E-state index contributed by atoms with van der Waals surface area (Å²) in [7, 11) is 0. The van der Waals surface area contributed by atoms with E-state index in [4.69, 9.17) is 11.6 Å². The topological polar surface area (TPSA) is 64.0 Å². The van der Waals surface area contributed by atoms with Crippen LogP contribution in [0.2, 0.25) is 5.02 Å². The van der Waals surface area contributed by atoms with Crippen molar-refractivity contribution in [2.75, 3.05) is 0 Å². The minimum absolute atomic E-state index is 0.224. The summed E-state index contributed by atoms with van der Waals surface area (Å²) >= 11 is 7.85. The number of thiophene rings is 1. The first kappa shape index (κ1) is 20.4. The maximum atomic E-state index is 13.5. The summed E-state index contributed by atoms with van der Waals surface area (Å²) in [6, 6.07) is 20.0. The Morgan fingerprint density at radius 1 is 1.09 bits per heavy atom. The van der Waals surface area contributed by atoms with Gasteiger partial charge in [-0.15, -0.1) is 11.3 Å². The molecule has 0 saturated carbocycles. The minimum Gasteiger partial charge on any atom is -0.344 e. The summed E-state index contributed by atoms with van der Waals surface area (Å²) in [5, 5.41) is 6.43. The van der Waals surface area contributed by atoms with Gasteiger partial charge in [0, 0.05) is 23.0 Å². The number of para-hydroxylation sites is 1. The van der Waals surface area contributed by atoms with Gasteiger partial charge in [0.2, 0.25) is 0 Å². The highest BCUT2D eigenvalue weighted by atomic mass is 35.5. The minimum atomic E-state index is -0.447. The zero-order valence-electron chi connectivity index (χ0n) is 17.1. The predicted molar refractivity (Wildman–Crippen MR) is 130 cm³/mol. The first-order valence-corrected chi connectivity index (χ1v) is 11.3. The molecule has 3 aromatic heterocycles. The molecule has 0 spiro atoms. The highest BCUT2D eigenvalue weighted by Gasteiger charge is 2.21. The lowest BCUT2D eigenvalue weighted by molar-refractivity contribution is 0.0940. The Morgan fingerprint density at radius 2 is 1.91 bits per heavy atom. The average molecular weight is 460 g/mol. The van der Waals surface area contributed by atoms with Gasteiger partial charge in [0.15, 0.2) is 0 Å². The van der Waals surface area contributed by atoms with E-state index in [1.54, 1.807) is 16.8 Å². The van der Waals surface area contributed by atoms with Crippen LogP contribution in [0, 0.1) is 0 Å². The quantitative estimate of drug-likeness (QED) is 0.372. The Morgan fingerprint density at radius 3 is 2.72 bits per heavy atom. The Hall–Kier alpha value is -3.48. The monoisotopic (exact) mass is 459 g/mol. The molecule has 0 aliphatic carbocycles. The molecule has 5 nitrogen and oxygen atoms in total. The van der Waals surface area contributed by atoms with Gasteiger partial charge in [-0.1, -0.05) is 41.9 Å². The summed E-state index contributed by atoms with van der Waals surface area (Å²) in [6.07, 6.45) is 1.68. The lowest BCUT2D eigenvalue weighted by atomic mass is 10.1. The van der Waals surface area contributed by atoms with Crippen molar-refractivity contribution < 1.29 is 4.79 Å². The molecule has 0 bridgehead atoms. The smallest absolute Gasteiger partial charge is 0.264 e. The van der Waals surface area contributed by atoms with Crippen molar-refractivity contribution in [3.8, 4) is 5.69 Å². The number of amides is 1. The molecule has 0 fully saturated rings. The third kappa shape index (κ3) is 3.47. The van der Waals surface area contributed by atoms with E-state index in [0.29, 0.717) is 32.9 Å². The van der Waals surface area contributed by atoms with E-state index >= 15 is 0 Å². The van der Waals surface area contributed by atoms with Crippen molar-refractivity contribution in [3.63, 3.8) is 0 Å². The van der Waals surface area contributed by atoms with E-state index in [1.165, 1.54) is 11.3 Å². The lowest BCUT2D eigenvalue weighted by Gasteiger charge is -2.21. The van der Waals surface area contributed by atoms with Crippen LogP contribution in [0.25, 0.3) is 26.7 Å². The number of nitrogens with zero attached hydrogens (tertiary/aromatic N) is 2. The van der Waals surface area contributed by atoms with Crippen LogP contribution in [-0.4, -0.2) is 15.5 Å². The molecule has 0 radical (unpaired) electrons. The third-order valence-corrected chi connectivity index (χ3v) is 6.66. The molecule has 0 saturated heterocycles. The molecule has 2 aromatic carbocycles. The number of carbonyl (C=O) groups excluding carboxylic acids is 1. The second-order valence-corrected chi connectivity index (χ2v) is 8.76. The van der Waals surface area contributed by atoms with Crippen molar-refractivity contribution >= 4 is 49.8 Å². The van der Waals surface area contributed by atoms with Crippen LogP contribution in [-0.2, 0) is 0 Å². The largest absolute Gasteiger partial charge is 0.344 e. The molecule has 1 atom stereocenters. The molecule has 5 rings (SSSR count). The number of benzene rings is 2. The van der Waals surface area contributed by atoms with Gasteiger partial charge in [0.1, 0.15) is 0 Å². The number of hydrogen-bond acceptors (Lipinski definition) is 4. The predicted octanol–water partition coefficient (Wildman–Crippen LogP) is 5.74. The van der Waals surface area contributed by atoms with Crippen molar-refractivity contribution in [1.29, 1.82) is 0 Å². The number of carbonyl (C=O) groups is 1. The number of hydrogen-bond donors (Lipinski definition) is 1. The summed E-state index contributed by atoms with van der Waals surface area (Å²) in [5.74, 6) is -0.235. The normalized spacial score (nSPS) is 12.2. The molecule has 5 aromatic rings. The van der Waals surface area contributed by atoms with Gasteiger partial charge < -0.3 is 5.32 Å². The zero-order chi connectivity index (χ0) is 22.2. The van der Waals surface area contributed by atoms with Crippen LogP contribution in [0.5, 0.6) is 0 Å². The number of aromatic nitrogens is 2. The molecular formula is C25H18ClN3O2S. The molecular weight excluding hydrogens is 442 g/mol. The molecule has 158 valence electrons. The van der Waals surface area contributed by atoms with Crippen molar-refractivity contribution in [2.24, 2.45) is 0 Å². The molecule has 3 heterocycles. The molecule has 1 amide bonds. The summed E-state index contributed by atoms with van der Waals surface area (Å²) in [4.78, 5) is 31.0. The molecule has 1 N–H and O–H groups in total. The fourth-order valence-corrected chi connectivity index (χ4v) is 5.03. The van der Waals surface area contributed by atoms with Crippen LogP contribution >= 0.6 is 22.9 Å². The van der Waals surface area contributed by atoms with Gasteiger partial charge in [0.05, 0.1) is 32.2 Å². The van der Waals surface area contributed by atoms with Crippen molar-refractivity contribution in [2.45, 2.75) is 13.0 Å². The number of nitrogens with one attached hydrogen (secondary N) is 1. The molecule has 0 unspecified atom stereocenters. The molecule has 0 aliphatic rings. The van der Waals surface area contributed by atoms with Crippen LogP contribution in [0.1, 0.15) is 29.0 Å². The van der Waals surface area contributed by atoms with E-state index in [1.807, 2.05) is 73.0 Å². The highest BCUT2D eigenvalue weighted by molar-refractivity contribution is 7.17. The number of fused-ring (bicyclic) bond motifs is 2. The van der Waals surface area contributed by atoms with Crippen LogP contribution < -0.4 is 10.9 Å².